The number of halogens is 2. The van der Waals surface area contributed by atoms with Crippen molar-refractivity contribution in [2.45, 2.75) is 52.2 Å². The molecule has 0 bridgehead atoms. The maximum Gasteiger partial charge on any atom is 0.239 e. The molecule has 0 unspecified atom stereocenters. The van der Waals surface area contributed by atoms with Crippen LogP contribution in [0.1, 0.15) is 44.7 Å². The Labute approximate surface area is 158 Å². The van der Waals surface area contributed by atoms with Crippen LogP contribution in [-0.2, 0) is 17.9 Å². The number of carbonyl (C=O) groups excluding carboxylic acids is 1. The lowest BCUT2D eigenvalue weighted by Gasteiger charge is -2.30. The summed E-state index contributed by atoms with van der Waals surface area (Å²) in [6, 6.07) is 8.34. The predicted molar refractivity (Wildman–Crippen MR) is 105 cm³/mol. The molecule has 0 spiro atoms. The highest BCUT2D eigenvalue weighted by atomic mass is 35.5. The van der Waals surface area contributed by atoms with Gasteiger partial charge in [-0.1, -0.05) is 31.2 Å². The van der Waals surface area contributed by atoms with Crippen LogP contribution in [-0.4, -0.2) is 29.4 Å². The SMILES string of the molecule is CC1CCN(Cc2ccccc2CNC(=O)C(C)(C)N)CC1.Cl.Cl. The Morgan fingerprint density at radius 2 is 1.75 bits per heavy atom. The molecule has 24 heavy (non-hydrogen) atoms. The van der Waals surface area contributed by atoms with Crippen molar-refractivity contribution in [2.24, 2.45) is 11.7 Å². The Hall–Kier alpha value is -0.810. The number of piperidine rings is 1. The molecule has 2 rings (SSSR count). The van der Waals surface area contributed by atoms with Crippen LogP contribution in [0.2, 0.25) is 0 Å². The van der Waals surface area contributed by atoms with E-state index < -0.39 is 5.54 Å². The van der Waals surface area contributed by atoms with Gasteiger partial charge in [0.25, 0.3) is 0 Å². The van der Waals surface area contributed by atoms with Crippen LogP contribution in [0, 0.1) is 5.92 Å². The molecule has 0 saturated carbocycles. The van der Waals surface area contributed by atoms with E-state index in [1.165, 1.54) is 24.0 Å². The van der Waals surface area contributed by atoms with Crippen LogP contribution >= 0.6 is 24.8 Å². The van der Waals surface area contributed by atoms with E-state index in [0.717, 1.165) is 25.6 Å². The summed E-state index contributed by atoms with van der Waals surface area (Å²) in [5.41, 5.74) is 7.47. The maximum atomic E-state index is 11.9. The van der Waals surface area contributed by atoms with Gasteiger partial charge in [-0.15, -0.1) is 24.8 Å². The van der Waals surface area contributed by atoms with Gasteiger partial charge in [-0.05, 0) is 56.8 Å². The van der Waals surface area contributed by atoms with E-state index in [0.29, 0.717) is 6.54 Å². The minimum absolute atomic E-state index is 0. The van der Waals surface area contributed by atoms with Gasteiger partial charge in [0.1, 0.15) is 0 Å². The number of benzene rings is 1. The van der Waals surface area contributed by atoms with Crippen molar-refractivity contribution in [1.29, 1.82) is 0 Å². The first-order valence-corrected chi connectivity index (χ1v) is 8.22. The number of amides is 1. The summed E-state index contributed by atoms with van der Waals surface area (Å²) in [6.07, 6.45) is 2.56. The Morgan fingerprint density at radius 1 is 1.21 bits per heavy atom. The molecule has 4 nitrogen and oxygen atoms in total. The van der Waals surface area contributed by atoms with Gasteiger partial charge in [-0.2, -0.15) is 0 Å². The lowest BCUT2D eigenvalue weighted by molar-refractivity contribution is -0.125. The maximum absolute atomic E-state index is 11.9. The van der Waals surface area contributed by atoms with E-state index in [2.05, 4.69) is 35.3 Å². The van der Waals surface area contributed by atoms with Crippen LogP contribution < -0.4 is 11.1 Å². The van der Waals surface area contributed by atoms with Gasteiger partial charge in [-0.3, -0.25) is 9.69 Å². The standard InChI is InChI=1S/C18H29N3O.2ClH/c1-14-8-10-21(11-9-14)13-16-7-5-4-6-15(16)12-20-17(22)18(2,3)19;;/h4-7,14H,8-13,19H2,1-3H3,(H,20,22);2*1H. The fourth-order valence-electron chi connectivity index (χ4n) is 2.75. The second-order valence-corrected chi connectivity index (χ2v) is 7.13. The Kier molecular flexibility index (Phi) is 9.90. The Morgan fingerprint density at radius 3 is 2.29 bits per heavy atom. The van der Waals surface area contributed by atoms with Gasteiger partial charge in [0.15, 0.2) is 0 Å². The van der Waals surface area contributed by atoms with E-state index in [1.807, 2.05) is 6.07 Å². The number of rotatable bonds is 5. The van der Waals surface area contributed by atoms with E-state index in [1.54, 1.807) is 13.8 Å². The van der Waals surface area contributed by atoms with Gasteiger partial charge in [0.2, 0.25) is 5.91 Å². The number of nitrogens with zero attached hydrogens (tertiary/aromatic N) is 1. The van der Waals surface area contributed by atoms with Crippen LogP contribution in [0.15, 0.2) is 24.3 Å². The monoisotopic (exact) mass is 375 g/mol. The number of nitrogens with one attached hydrogen (secondary N) is 1. The molecule has 138 valence electrons. The van der Waals surface area contributed by atoms with Gasteiger partial charge in [0.05, 0.1) is 5.54 Å². The molecule has 1 aromatic carbocycles. The second-order valence-electron chi connectivity index (χ2n) is 7.13. The third-order valence-corrected chi connectivity index (χ3v) is 4.41. The minimum Gasteiger partial charge on any atom is -0.350 e. The van der Waals surface area contributed by atoms with Crippen LogP contribution in [0.5, 0.6) is 0 Å². The highest BCUT2D eigenvalue weighted by molar-refractivity contribution is 5.86. The molecule has 1 saturated heterocycles. The number of hydrogen-bond donors (Lipinski definition) is 2. The molecular weight excluding hydrogens is 345 g/mol. The summed E-state index contributed by atoms with van der Waals surface area (Å²) < 4.78 is 0. The number of likely N-dealkylation sites (tertiary alicyclic amines) is 1. The van der Waals surface area contributed by atoms with E-state index in [-0.39, 0.29) is 30.7 Å². The highest BCUT2D eigenvalue weighted by Crippen LogP contribution is 2.19. The molecule has 1 amide bonds. The lowest BCUT2D eigenvalue weighted by Crippen LogP contribution is -2.48. The molecule has 0 aromatic heterocycles. The predicted octanol–water partition coefficient (Wildman–Crippen LogP) is 3.12. The number of nitrogens with two attached hydrogens (primary N) is 1. The molecule has 0 aliphatic carbocycles. The van der Waals surface area contributed by atoms with Crippen molar-refractivity contribution in [1.82, 2.24) is 10.2 Å². The molecule has 3 N–H and O–H groups in total. The van der Waals surface area contributed by atoms with Crippen molar-refractivity contribution in [3.8, 4) is 0 Å². The third-order valence-electron chi connectivity index (χ3n) is 4.41. The van der Waals surface area contributed by atoms with Crippen molar-refractivity contribution in [2.75, 3.05) is 13.1 Å². The minimum atomic E-state index is -0.835. The van der Waals surface area contributed by atoms with Crippen molar-refractivity contribution < 1.29 is 4.79 Å². The zero-order valence-electron chi connectivity index (χ0n) is 14.9. The molecule has 1 heterocycles. The Balaban J connectivity index is 0.00000264. The van der Waals surface area contributed by atoms with Crippen molar-refractivity contribution >= 4 is 30.7 Å². The van der Waals surface area contributed by atoms with Gasteiger partial charge < -0.3 is 11.1 Å². The van der Waals surface area contributed by atoms with E-state index in [9.17, 15) is 4.79 Å². The smallest absolute Gasteiger partial charge is 0.239 e. The topological polar surface area (TPSA) is 58.4 Å². The molecule has 6 heteroatoms. The number of carbonyl (C=O) groups is 1. The van der Waals surface area contributed by atoms with Crippen LogP contribution in [0.25, 0.3) is 0 Å². The molecule has 1 aromatic rings. The summed E-state index contributed by atoms with van der Waals surface area (Å²) >= 11 is 0. The van der Waals surface area contributed by atoms with Crippen molar-refractivity contribution in [3.63, 3.8) is 0 Å². The molecule has 1 aliphatic rings. The molecule has 0 atom stereocenters. The fourth-order valence-corrected chi connectivity index (χ4v) is 2.75. The van der Waals surface area contributed by atoms with E-state index in [4.69, 9.17) is 5.73 Å². The second kappa shape index (κ2) is 10.2. The molecule has 0 radical (unpaired) electrons. The van der Waals surface area contributed by atoms with E-state index >= 15 is 0 Å². The van der Waals surface area contributed by atoms with Gasteiger partial charge in [-0.25, -0.2) is 0 Å². The summed E-state index contributed by atoms with van der Waals surface area (Å²) in [7, 11) is 0. The quantitative estimate of drug-likeness (QED) is 0.830. The number of hydrogen-bond acceptors (Lipinski definition) is 3. The van der Waals surface area contributed by atoms with Crippen molar-refractivity contribution in [3.05, 3.63) is 35.4 Å². The zero-order valence-corrected chi connectivity index (χ0v) is 16.5. The Bertz CT molecular complexity index is 509. The van der Waals surface area contributed by atoms with Crippen LogP contribution in [0.3, 0.4) is 0 Å². The summed E-state index contributed by atoms with van der Waals surface area (Å²) in [5, 5.41) is 2.94. The first kappa shape index (κ1) is 23.2. The summed E-state index contributed by atoms with van der Waals surface area (Å²) in [6.45, 7) is 9.61. The zero-order chi connectivity index (χ0) is 16.2. The highest BCUT2D eigenvalue weighted by Gasteiger charge is 2.22. The molecular formula is C18H31Cl2N3O. The normalized spacial score (nSPS) is 16.0. The van der Waals surface area contributed by atoms with Gasteiger partial charge >= 0.3 is 0 Å². The first-order valence-electron chi connectivity index (χ1n) is 8.22. The first-order chi connectivity index (χ1) is 10.4. The largest absolute Gasteiger partial charge is 0.350 e. The molecule has 1 fully saturated rings. The van der Waals surface area contributed by atoms with Gasteiger partial charge in [0, 0.05) is 13.1 Å². The lowest BCUT2D eigenvalue weighted by atomic mass is 9.98. The third kappa shape index (κ3) is 6.98. The average Bonchev–Trinajstić information content (AvgIpc) is 2.47. The van der Waals surface area contributed by atoms with Crippen LogP contribution in [0.4, 0.5) is 0 Å². The fraction of sp³-hybridized carbons (Fsp3) is 0.611. The summed E-state index contributed by atoms with van der Waals surface area (Å²) in [5.74, 6) is 0.728. The molecule has 1 aliphatic heterocycles. The average molecular weight is 376 g/mol. The summed E-state index contributed by atoms with van der Waals surface area (Å²) in [4.78, 5) is 14.4.